The van der Waals surface area contributed by atoms with Gasteiger partial charge in [0.1, 0.15) is 40.8 Å². The summed E-state index contributed by atoms with van der Waals surface area (Å²) < 4.78 is 5.43. The van der Waals surface area contributed by atoms with Gasteiger partial charge in [-0.1, -0.05) is 31.2 Å². The Morgan fingerprint density at radius 2 is 1.23 bits per heavy atom. The van der Waals surface area contributed by atoms with Crippen molar-refractivity contribution in [2.24, 2.45) is 11.8 Å². The molecule has 3 aromatic carbocycles. The summed E-state index contributed by atoms with van der Waals surface area (Å²) in [5, 5.41) is 49.9. The summed E-state index contributed by atoms with van der Waals surface area (Å²) in [6.07, 6.45) is 1.08. The van der Waals surface area contributed by atoms with Crippen LogP contribution in [-0.2, 0) is 46.3 Å². The van der Waals surface area contributed by atoms with Crippen LogP contribution in [0.4, 0.5) is 0 Å². The average Bonchev–Trinajstić information content (AvgIpc) is 3.54. The van der Waals surface area contributed by atoms with Crippen LogP contribution in [0, 0.1) is 11.8 Å². The zero-order chi connectivity index (χ0) is 38.6. The van der Waals surface area contributed by atoms with Gasteiger partial charge in [-0.2, -0.15) is 11.8 Å². The molecule has 2 saturated heterocycles. The van der Waals surface area contributed by atoms with Crippen molar-refractivity contribution in [1.29, 1.82) is 0 Å². The van der Waals surface area contributed by atoms with E-state index < -0.39 is 65.4 Å². The number of amides is 4. The summed E-state index contributed by atoms with van der Waals surface area (Å²) in [7, 11) is 0. The Bertz CT molecular complexity index is 1920. The van der Waals surface area contributed by atoms with E-state index in [9.17, 15) is 54.3 Å². The number of phenolic OH excluding ortho intramolecular Hbond substituents is 5. The van der Waals surface area contributed by atoms with Crippen molar-refractivity contribution in [3.8, 4) is 28.7 Å². The molecule has 0 radical (unpaired) electrons. The summed E-state index contributed by atoms with van der Waals surface area (Å²) in [4.78, 5) is 84.1. The number of carbonyl (C=O) groups excluding carboxylic acids is 6. The van der Waals surface area contributed by atoms with Gasteiger partial charge in [-0.05, 0) is 78.6 Å². The largest absolute Gasteiger partial charge is 0.508 e. The summed E-state index contributed by atoms with van der Waals surface area (Å²) >= 11 is 1.32. The molecular weight excluding hydrogens is 708 g/mol. The van der Waals surface area contributed by atoms with Gasteiger partial charge < -0.3 is 30.3 Å². The molecule has 0 aromatic heterocycles. The zero-order valence-electron chi connectivity index (χ0n) is 29.0. The highest BCUT2D eigenvalue weighted by Gasteiger charge is 2.50. The van der Waals surface area contributed by atoms with Gasteiger partial charge >= 0.3 is 11.9 Å². The molecule has 0 saturated carbocycles. The van der Waals surface area contributed by atoms with Gasteiger partial charge in [-0.25, -0.2) is 9.59 Å². The lowest BCUT2D eigenvalue weighted by Crippen LogP contribution is -2.52. The van der Waals surface area contributed by atoms with Crippen molar-refractivity contribution in [1.82, 2.24) is 9.80 Å². The maximum absolute atomic E-state index is 14.2. The number of imide groups is 2. The monoisotopic (exact) mass is 748 g/mol. The molecule has 5 N–H and O–H groups in total. The van der Waals surface area contributed by atoms with Crippen molar-refractivity contribution < 1.29 is 59.0 Å². The molecule has 5 rings (SSSR count). The van der Waals surface area contributed by atoms with E-state index in [1.165, 1.54) is 60.3 Å². The average molecular weight is 749 g/mol. The van der Waals surface area contributed by atoms with Gasteiger partial charge in [0, 0.05) is 30.9 Å². The third-order valence-electron chi connectivity index (χ3n) is 9.67. The standard InChI is InChI=1S/C38H40N2O12S/c1-3-28(20-4-8-25(41)9-5-20)34(40-33(47)17-24(36(40)49)15-22-7-11-27(43)19-31(22)45)38(51)52-37(50)29(12-13-53-2)39-32(46)16-23(35(39)48)14-21-6-10-26(42)18-30(21)44/h4-11,18-19,23-24,28-29,34,41-45H,3,12-17H2,1-2H3. The third-order valence-corrected chi connectivity index (χ3v) is 10.3. The van der Waals surface area contributed by atoms with Crippen LogP contribution in [0.25, 0.3) is 0 Å². The maximum Gasteiger partial charge on any atom is 0.337 e. The van der Waals surface area contributed by atoms with Gasteiger partial charge in [-0.3, -0.25) is 29.0 Å². The van der Waals surface area contributed by atoms with Gasteiger partial charge in [0.15, 0.2) is 0 Å². The highest BCUT2D eigenvalue weighted by atomic mass is 32.2. The second-order valence-corrected chi connectivity index (χ2v) is 14.1. The number of likely N-dealkylation sites (tertiary alicyclic amines) is 2. The molecule has 3 aromatic rings. The zero-order valence-corrected chi connectivity index (χ0v) is 29.8. The molecule has 280 valence electrons. The number of hydrogen-bond donors (Lipinski definition) is 5. The molecule has 0 aliphatic carbocycles. The van der Waals surface area contributed by atoms with Crippen LogP contribution in [-0.4, -0.2) is 95.0 Å². The molecular formula is C38H40N2O12S. The molecule has 2 aliphatic heterocycles. The summed E-state index contributed by atoms with van der Waals surface area (Å²) in [6, 6.07) is 10.3. The molecule has 5 atom stereocenters. The van der Waals surface area contributed by atoms with E-state index in [1.54, 1.807) is 13.2 Å². The van der Waals surface area contributed by atoms with Gasteiger partial charge in [0.25, 0.3) is 0 Å². The second kappa shape index (κ2) is 16.4. The Morgan fingerprint density at radius 1 is 0.736 bits per heavy atom. The molecule has 53 heavy (non-hydrogen) atoms. The number of thioether (sulfide) groups is 1. The lowest BCUT2D eigenvalue weighted by atomic mass is 9.87. The fourth-order valence-electron chi connectivity index (χ4n) is 6.97. The molecule has 5 unspecified atom stereocenters. The topological polar surface area (TPSA) is 219 Å². The summed E-state index contributed by atoms with van der Waals surface area (Å²) in [5.74, 6) is -8.96. The van der Waals surface area contributed by atoms with Crippen molar-refractivity contribution in [2.45, 2.75) is 63.5 Å². The number of ether oxygens (including phenoxy) is 1. The van der Waals surface area contributed by atoms with Crippen LogP contribution in [0.15, 0.2) is 60.7 Å². The van der Waals surface area contributed by atoms with Crippen molar-refractivity contribution in [3.63, 3.8) is 0 Å². The normalized spacial score (nSPS) is 19.1. The van der Waals surface area contributed by atoms with E-state index in [-0.39, 0.29) is 78.6 Å². The van der Waals surface area contributed by atoms with Crippen LogP contribution in [0.2, 0.25) is 0 Å². The van der Waals surface area contributed by atoms with Gasteiger partial charge in [0.05, 0.1) is 11.8 Å². The second-order valence-electron chi connectivity index (χ2n) is 13.1. The van der Waals surface area contributed by atoms with E-state index in [1.807, 2.05) is 0 Å². The Labute approximate surface area is 309 Å². The first kappa shape index (κ1) is 38.7. The minimum Gasteiger partial charge on any atom is -0.508 e. The Morgan fingerprint density at radius 3 is 1.72 bits per heavy atom. The van der Waals surface area contributed by atoms with Crippen LogP contribution in [0.1, 0.15) is 55.2 Å². The highest BCUT2D eigenvalue weighted by molar-refractivity contribution is 7.98. The van der Waals surface area contributed by atoms with Crippen LogP contribution >= 0.6 is 11.8 Å². The van der Waals surface area contributed by atoms with Gasteiger partial charge in [0.2, 0.25) is 23.6 Å². The number of carbonyl (C=O) groups is 6. The predicted octanol–water partition coefficient (Wildman–Crippen LogP) is 3.50. The molecule has 2 heterocycles. The van der Waals surface area contributed by atoms with Gasteiger partial charge in [-0.15, -0.1) is 0 Å². The van der Waals surface area contributed by atoms with Crippen molar-refractivity contribution in [3.05, 3.63) is 77.4 Å². The number of aromatic hydroxyl groups is 5. The minimum absolute atomic E-state index is 0.0639. The van der Waals surface area contributed by atoms with E-state index in [0.29, 0.717) is 11.1 Å². The Hall–Kier alpha value is -5.57. The van der Waals surface area contributed by atoms with Crippen molar-refractivity contribution in [2.75, 3.05) is 12.0 Å². The first-order chi connectivity index (χ1) is 25.2. The number of nitrogens with zero attached hydrogens (tertiary/aromatic N) is 2. The van der Waals surface area contributed by atoms with Crippen molar-refractivity contribution >= 4 is 47.3 Å². The highest BCUT2D eigenvalue weighted by Crippen LogP contribution is 2.37. The molecule has 2 aliphatic rings. The predicted molar refractivity (Wildman–Crippen MR) is 190 cm³/mol. The number of hydrogen-bond acceptors (Lipinski definition) is 13. The van der Waals surface area contributed by atoms with Crippen LogP contribution < -0.4 is 0 Å². The van der Waals surface area contributed by atoms with E-state index in [2.05, 4.69) is 0 Å². The van der Waals surface area contributed by atoms with Crippen LogP contribution in [0.3, 0.4) is 0 Å². The minimum atomic E-state index is -1.66. The summed E-state index contributed by atoms with van der Waals surface area (Å²) in [6.45, 7) is 1.70. The fourth-order valence-corrected chi connectivity index (χ4v) is 7.43. The first-order valence-electron chi connectivity index (χ1n) is 17.0. The quantitative estimate of drug-likeness (QED) is 0.0907. The lowest BCUT2D eigenvalue weighted by molar-refractivity contribution is -0.173. The van der Waals surface area contributed by atoms with E-state index in [4.69, 9.17) is 4.74 Å². The number of benzene rings is 3. The number of esters is 2. The molecule has 15 heteroatoms. The number of rotatable bonds is 14. The molecule has 2 fully saturated rings. The summed E-state index contributed by atoms with van der Waals surface area (Å²) in [5.41, 5.74) is 1.03. The smallest absolute Gasteiger partial charge is 0.337 e. The maximum atomic E-state index is 14.2. The molecule has 0 spiro atoms. The lowest BCUT2D eigenvalue weighted by Gasteiger charge is -2.32. The van der Waals surface area contributed by atoms with Crippen LogP contribution in [0.5, 0.6) is 28.7 Å². The Kier molecular flexibility index (Phi) is 12.0. The Balaban J connectivity index is 1.43. The number of phenols is 5. The first-order valence-corrected chi connectivity index (χ1v) is 18.4. The van der Waals surface area contributed by atoms with E-state index in [0.717, 1.165) is 21.9 Å². The fraction of sp³-hybridized carbons (Fsp3) is 0.368. The molecule has 0 bridgehead atoms. The van der Waals surface area contributed by atoms with E-state index >= 15 is 0 Å². The molecule has 4 amide bonds. The molecule has 14 nitrogen and oxygen atoms in total. The third kappa shape index (κ3) is 8.40. The SMILES string of the molecule is CCC(c1ccc(O)cc1)C(C(=O)OC(=O)C(CCSC)N1C(=O)CC(Cc2ccc(O)cc2O)C1=O)N1C(=O)CC(Cc2ccc(O)cc2O)C1=O.